The van der Waals surface area contributed by atoms with Crippen LogP contribution in [0.25, 0.3) is 0 Å². The zero-order chi connectivity index (χ0) is 16.0. The van der Waals surface area contributed by atoms with Gasteiger partial charge in [0.05, 0.1) is 0 Å². The first-order valence-corrected chi connectivity index (χ1v) is 8.09. The number of hydrogen-bond acceptors (Lipinski definition) is 5. The fourth-order valence-electron chi connectivity index (χ4n) is 2.66. The largest absolute Gasteiger partial charge is 0.353 e. The molecule has 0 aliphatic heterocycles. The summed E-state index contributed by atoms with van der Waals surface area (Å²) >= 11 is 0. The van der Waals surface area contributed by atoms with Gasteiger partial charge in [-0.1, -0.05) is 34.6 Å². The topological polar surface area (TPSA) is 67.1 Å². The van der Waals surface area contributed by atoms with Gasteiger partial charge in [-0.05, 0) is 25.7 Å². The molecule has 0 fully saturated rings. The molecule has 120 valence electrons. The van der Waals surface area contributed by atoms with Gasteiger partial charge in [0.25, 0.3) is 0 Å². The summed E-state index contributed by atoms with van der Waals surface area (Å²) < 4.78 is 0. The lowest BCUT2D eigenvalue weighted by molar-refractivity contribution is 0.501. The molecule has 5 nitrogen and oxygen atoms in total. The predicted octanol–water partition coefficient (Wildman–Crippen LogP) is 3.28. The third-order valence-corrected chi connectivity index (χ3v) is 3.84. The number of nitrogens with two attached hydrogens (primary N) is 1. The van der Waals surface area contributed by atoms with Gasteiger partial charge in [-0.3, -0.25) is 0 Å². The van der Waals surface area contributed by atoms with E-state index in [0.717, 1.165) is 48.8 Å². The quantitative estimate of drug-likeness (QED) is 0.568. The molecule has 0 aliphatic carbocycles. The number of nitrogen functional groups attached to an aromatic ring is 1. The number of hydrogen-bond donors (Lipinski definition) is 2. The molecule has 5 heteroatoms. The van der Waals surface area contributed by atoms with Crippen LogP contribution in [0.2, 0.25) is 0 Å². The lowest BCUT2D eigenvalue weighted by Gasteiger charge is -2.34. The van der Waals surface area contributed by atoms with E-state index in [4.69, 9.17) is 10.8 Å². The maximum absolute atomic E-state index is 5.63. The molecule has 0 saturated heterocycles. The van der Waals surface area contributed by atoms with Crippen LogP contribution in [0.1, 0.15) is 58.8 Å². The molecule has 0 amide bonds. The zero-order valence-electron chi connectivity index (χ0n) is 14.4. The number of hydrazine groups is 1. The molecule has 1 heterocycles. The molecule has 0 saturated carbocycles. The first kappa shape index (κ1) is 17.7. The van der Waals surface area contributed by atoms with Crippen molar-refractivity contribution < 1.29 is 0 Å². The van der Waals surface area contributed by atoms with Crippen molar-refractivity contribution in [3.8, 4) is 0 Å². The van der Waals surface area contributed by atoms with E-state index < -0.39 is 0 Å². The van der Waals surface area contributed by atoms with E-state index >= 15 is 0 Å². The summed E-state index contributed by atoms with van der Waals surface area (Å²) in [6, 6.07) is 0.497. The molecule has 0 spiro atoms. The van der Waals surface area contributed by atoms with E-state index in [1.54, 1.807) is 0 Å². The molecule has 21 heavy (non-hydrogen) atoms. The summed E-state index contributed by atoms with van der Waals surface area (Å²) in [6.45, 7) is 14.1. The van der Waals surface area contributed by atoms with Crippen LogP contribution in [0.4, 0.5) is 11.6 Å². The lowest BCUT2D eigenvalue weighted by atomic mass is 10.1. The van der Waals surface area contributed by atoms with Crippen LogP contribution in [-0.4, -0.2) is 22.6 Å². The van der Waals surface area contributed by atoms with Crippen molar-refractivity contribution in [3.63, 3.8) is 0 Å². The van der Waals surface area contributed by atoms with E-state index in [0.29, 0.717) is 12.0 Å². The van der Waals surface area contributed by atoms with Gasteiger partial charge in [0.1, 0.15) is 17.5 Å². The SMILES string of the molecule is CCc1nc(NN)c(C)c(N(CC(C)C)C(CC)CC)n1. The molecule has 1 aromatic heterocycles. The molecule has 0 aromatic carbocycles. The van der Waals surface area contributed by atoms with E-state index in [2.05, 4.69) is 49.9 Å². The van der Waals surface area contributed by atoms with Crippen LogP contribution >= 0.6 is 0 Å². The minimum atomic E-state index is 0.497. The highest BCUT2D eigenvalue weighted by Crippen LogP contribution is 2.27. The Kier molecular flexibility index (Phi) is 6.89. The van der Waals surface area contributed by atoms with Crippen molar-refractivity contribution in [2.75, 3.05) is 16.9 Å². The summed E-state index contributed by atoms with van der Waals surface area (Å²) in [6.07, 6.45) is 3.03. The van der Waals surface area contributed by atoms with E-state index in [1.165, 1.54) is 0 Å². The first-order valence-electron chi connectivity index (χ1n) is 8.09. The monoisotopic (exact) mass is 293 g/mol. The second-order valence-electron chi connectivity index (χ2n) is 5.95. The molecule has 0 aliphatic rings. The van der Waals surface area contributed by atoms with E-state index in [1.807, 2.05) is 6.92 Å². The Morgan fingerprint density at radius 2 is 1.76 bits per heavy atom. The average Bonchev–Trinajstić information content (AvgIpc) is 2.47. The van der Waals surface area contributed by atoms with Crippen molar-refractivity contribution in [2.45, 2.75) is 66.8 Å². The Labute approximate surface area is 129 Å². The van der Waals surface area contributed by atoms with Crippen LogP contribution in [-0.2, 0) is 6.42 Å². The maximum atomic E-state index is 5.63. The lowest BCUT2D eigenvalue weighted by Crippen LogP contribution is -2.39. The van der Waals surface area contributed by atoms with Gasteiger partial charge in [-0.25, -0.2) is 15.8 Å². The highest BCUT2D eigenvalue weighted by Gasteiger charge is 2.22. The molecular formula is C16H31N5. The molecule has 0 unspecified atom stereocenters. The van der Waals surface area contributed by atoms with Gasteiger partial charge in [-0.2, -0.15) is 0 Å². The van der Waals surface area contributed by atoms with Crippen molar-refractivity contribution in [1.29, 1.82) is 0 Å². The van der Waals surface area contributed by atoms with E-state index in [-0.39, 0.29) is 0 Å². The predicted molar refractivity (Wildman–Crippen MR) is 90.5 cm³/mol. The third kappa shape index (κ3) is 4.30. The van der Waals surface area contributed by atoms with Crippen LogP contribution in [0.5, 0.6) is 0 Å². The Hall–Kier alpha value is -1.36. The third-order valence-electron chi connectivity index (χ3n) is 3.84. The standard InChI is InChI=1S/C16H31N5/c1-7-13(8-2)21(10-11(4)5)16-12(6)15(20-17)18-14(9-3)19-16/h11,13H,7-10,17H2,1-6H3,(H,18,19,20). The van der Waals surface area contributed by atoms with Crippen molar-refractivity contribution in [2.24, 2.45) is 11.8 Å². The van der Waals surface area contributed by atoms with Crippen molar-refractivity contribution in [3.05, 3.63) is 11.4 Å². The Bertz CT molecular complexity index is 441. The fraction of sp³-hybridized carbons (Fsp3) is 0.750. The molecule has 1 aromatic rings. The summed E-state index contributed by atoms with van der Waals surface area (Å²) in [5.41, 5.74) is 3.75. The fourth-order valence-corrected chi connectivity index (χ4v) is 2.66. The maximum Gasteiger partial charge on any atom is 0.148 e. The van der Waals surface area contributed by atoms with Crippen LogP contribution in [0.15, 0.2) is 0 Å². The number of anilines is 2. The second-order valence-corrected chi connectivity index (χ2v) is 5.95. The molecule has 3 N–H and O–H groups in total. The molecule has 0 bridgehead atoms. The zero-order valence-corrected chi connectivity index (χ0v) is 14.4. The molecular weight excluding hydrogens is 262 g/mol. The minimum Gasteiger partial charge on any atom is -0.353 e. The minimum absolute atomic E-state index is 0.497. The van der Waals surface area contributed by atoms with Crippen LogP contribution in [0.3, 0.4) is 0 Å². The Morgan fingerprint density at radius 1 is 1.14 bits per heavy atom. The Balaban J connectivity index is 3.34. The van der Waals surface area contributed by atoms with Crippen molar-refractivity contribution >= 4 is 11.6 Å². The smallest absolute Gasteiger partial charge is 0.148 e. The number of aryl methyl sites for hydroxylation is 1. The number of rotatable bonds is 8. The summed E-state index contributed by atoms with van der Waals surface area (Å²) in [5, 5.41) is 0. The Morgan fingerprint density at radius 3 is 2.19 bits per heavy atom. The second kappa shape index (κ2) is 8.17. The summed E-state index contributed by atoms with van der Waals surface area (Å²) in [5.74, 6) is 8.80. The van der Waals surface area contributed by atoms with Crippen LogP contribution in [0, 0.1) is 12.8 Å². The van der Waals surface area contributed by atoms with Crippen molar-refractivity contribution in [1.82, 2.24) is 9.97 Å². The van der Waals surface area contributed by atoms with Gasteiger partial charge in [0.2, 0.25) is 0 Å². The average molecular weight is 293 g/mol. The highest BCUT2D eigenvalue weighted by molar-refractivity contribution is 5.58. The van der Waals surface area contributed by atoms with Crippen LogP contribution < -0.4 is 16.2 Å². The first-order chi connectivity index (χ1) is 9.98. The summed E-state index contributed by atoms with van der Waals surface area (Å²) in [7, 11) is 0. The highest BCUT2D eigenvalue weighted by atomic mass is 15.3. The van der Waals surface area contributed by atoms with Gasteiger partial charge < -0.3 is 10.3 Å². The number of nitrogens with one attached hydrogen (secondary N) is 1. The molecule has 0 atom stereocenters. The number of aromatic nitrogens is 2. The van der Waals surface area contributed by atoms with Gasteiger partial charge >= 0.3 is 0 Å². The molecule has 0 radical (unpaired) electrons. The van der Waals surface area contributed by atoms with Gasteiger partial charge in [0, 0.05) is 24.6 Å². The van der Waals surface area contributed by atoms with E-state index in [9.17, 15) is 0 Å². The van der Waals surface area contributed by atoms with Gasteiger partial charge in [0.15, 0.2) is 0 Å². The number of nitrogens with zero attached hydrogens (tertiary/aromatic N) is 3. The van der Waals surface area contributed by atoms with Gasteiger partial charge in [-0.15, -0.1) is 0 Å². The normalized spacial score (nSPS) is 11.3. The summed E-state index contributed by atoms with van der Waals surface area (Å²) in [4.78, 5) is 11.7. The molecule has 1 rings (SSSR count).